The van der Waals surface area contributed by atoms with Crippen LogP contribution >= 0.6 is 12.2 Å². The predicted octanol–water partition coefficient (Wildman–Crippen LogP) is 2.21. The first-order chi connectivity index (χ1) is 8.24. The van der Waals surface area contributed by atoms with Crippen LogP contribution in [-0.4, -0.2) is 31.3 Å². The SMILES string of the molecule is CCOCCN(CCC(N)=S)c1ccccc1. The lowest BCUT2D eigenvalue weighted by Crippen LogP contribution is -2.30. The summed E-state index contributed by atoms with van der Waals surface area (Å²) in [4.78, 5) is 2.80. The molecule has 0 fully saturated rings. The fourth-order valence-electron chi connectivity index (χ4n) is 1.57. The van der Waals surface area contributed by atoms with Crippen LogP contribution in [0.2, 0.25) is 0 Å². The average Bonchev–Trinajstić information content (AvgIpc) is 2.34. The Kier molecular flexibility index (Phi) is 6.58. The number of hydrogen-bond acceptors (Lipinski definition) is 3. The predicted molar refractivity (Wildman–Crippen MR) is 76.6 cm³/mol. The van der Waals surface area contributed by atoms with Crippen LogP contribution in [0.5, 0.6) is 0 Å². The summed E-state index contributed by atoms with van der Waals surface area (Å²) >= 11 is 4.92. The van der Waals surface area contributed by atoms with Gasteiger partial charge in [0.25, 0.3) is 0 Å². The smallest absolute Gasteiger partial charge is 0.0745 e. The number of nitrogens with two attached hydrogens (primary N) is 1. The molecule has 0 saturated heterocycles. The first-order valence-electron chi connectivity index (χ1n) is 5.90. The van der Waals surface area contributed by atoms with Crippen molar-refractivity contribution in [3.63, 3.8) is 0 Å². The van der Waals surface area contributed by atoms with Crippen molar-refractivity contribution in [2.24, 2.45) is 5.73 Å². The largest absolute Gasteiger partial charge is 0.393 e. The van der Waals surface area contributed by atoms with Crippen LogP contribution in [-0.2, 0) is 4.74 Å². The molecule has 0 atom stereocenters. The molecule has 4 heteroatoms. The molecule has 0 bridgehead atoms. The molecule has 17 heavy (non-hydrogen) atoms. The molecule has 0 spiro atoms. The fraction of sp³-hybridized carbons (Fsp3) is 0.462. The molecule has 0 amide bonds. The summed E-state index contributed by atoms with van der Waals surface area (Å²) in [6.07, 6.45) is 0.732. The molecule has 1 rings (SSSR count). The topological polar surface area (TPSA) is 38.5 Å². The number of benzene rings is 1. The molecule has 1 aromatic carbocycles. The van der Waals surface area contributed by atoms with Gasteiger partial charge in [0.15, 0.2) is 0 Å². The van der Waals surface area contributed by atoms with E-state index in [9.17, 15) is 0 Å². The summed E-state index contributed by atoms with van der Waals surface area (Å²) in [5.74, 6) is 0. The van der Waals surface area contributed by atoms with Gasteiger partial charge in [0.05, 0.1) is 11.6 Å². The van der Waals surface area contributed by atoms with E-state index < -0.39 is 0 Å². The van der Waals surface area contributed by atoms with Crippen molar-refractivity contribution in [3.05, 3.63) is 30.3 Å². The molecule has 0 aliphatic rings. The molecule has 94 valence electrons. The van der Waals surface area contributed by atoms with Gasteiger partial charge in [-0.25, -0.2) is 0 Å². The zero-order chi connectivity index (χ0) is 12.5. The third-order valence-electron chi connectivity index (χ3n) is 2.46. The zero-order valence-corrected chi connectivity index (χ0v) is 11.1. The molecular weight excluding hydrogens is 232 g/mol. The molecule has 0 aromatic heterocycles. The Morgan fingerprint density at radius 2 is 2.00 bits per heavy atom. The number of anilines is 1. The van der Waals surface area contributed by atoms with Crippen molar-refractivity contribution >= 4 is 22.9 Å². The van der Waals surface area contributed by atoms with Crippen LogP contribution in [0.1, 0.15) is 13.3 Å². The number of para-hydroxylation sites is 1. The third kappa shape index (κ3) is 5.65. The molecular formula is C13H20N2OS. The Bertz CT molecular complexity index is 329. The summed E-state index contributed by atoms with van der Waals surface area (Å²) in [5, 5.41) is 0. The van der Waals surface area contributed by atoms with Gasteiger partial charge < -0.3 is 15.4 Å². The maximum atomic E-state index is 5.55. The molecule has 0 aliphatic heterocycles. The van der Waals surface area contributed by atoms with Crippen LogP contribution in [0.4, 0.5) is 5.69 Å². The minimum Gasteiger partial charge on any atom is -0.393 e. The van der Waals surface area contributed by atoms with Gasteiger partial charge in [-0.1, -0.05) is 30.4 Å². The van der Waals surface area contributed by atoms with E-state index in [1.165, 1.54) is 5.69 Å². The second-order valence-electron chi connectivity index (χ2n) is 3.74. The maximum Gasteiger partial charge on any atom is 0.0745 e. The minimum atomic E-state index is 0.558. The van der Waals surface area contributed by atoms with Crippen molar-refractivity contribution in [1.82, 2.24) is 0 Å². The van der Waals surface area contributed by atoms with Crippen molar-refractivity contribution in [2.75, 3.05) is 31.2 Å². The number of thiocarbonyl (C=S) groups is 1. The van der Waals surface area contributed by atoms with Gasteiger partial charge in [-0.15, -0.1) is 0 Å². The molecule has 0 saturated carbocycles. The Morgan fingerprint density at radius 1 is 1.29 bits per heavy atom. The molecule has 0 unspecified atom stereocenters. The van der Waals surface area contributed by atoms with Crippen LogP contribution in [0, 0.1) is 0 Å². The summed E-state index contributed by atoms with van der Waals surface area (Å²) in [5.41, 5.74) is 6.73. The molecule has 0 aliphatic carbocycles. The third-order valence-corrected chi connectivity index (χ3v) is 2.66. The second-order valence-corrected chi connectivity index (χ2v) is 4.26. The summed E-state index contributed by atoms with van der Waals surface area (Å²) in [7, 11) is 0. The van der Waals surface area contributed by atoms with E-state index in [-0.39, 0.29) is 0 Å². The van der Waals surface area contributed by atoms with E-state index in [1.54, 1.807) is 0 Å². The normalized spacial score (nSPS) is 10.2. The lowest BCUT2D eigenvalue weighted by Gasteiger charge is -2.24. The highest BCUT2D eigenvalue weighted by molar-refractivity contribution is 7.80. The lowest BCUT2D eigenvalue weighted by atomic mass is 10.2. The Labute approximate surface area is 109 Å². The van der Waals surface area contributed by atoms with E-state index in [1.807, 2.05) is 25.1 Å². The van der Waals surface area contributed by atoms with E-state index >= 15 is 0 Å². The van der Waals surface area contributed by atoms with Crippen LogP contribution in [0.3, 0.4) is 0 Å². The van der Waals surface area contributed by atoms with Gasteiger partial charge in [-0.3, -0.25) is 0 Å². The van der Waals surface area contributed by atoms with Crippen molar-refractivity contribution in [3.8, 4) is 0 Å². The Morgan fingerprint density at radius 3 is 2.59 bits per heavy atom. The van der Waals surface area contributed by atoms with Gasteiger partial charge in [0, 0.05) is 31.8 Å². The molecule has 2 N–H and O–H groups in total. The highest BCUT2D eigenvalue weighted by Crippen LogP contribution is 2.13. The summed E-state index contributed by atoms with van der Waals surface area (Å²) in [6.45, 7) is 5.18. The average molecular weight is 252 g/mol. The lowest BCUT2D eigenvalue weighted by molar-refractivity contribution is 0.154. The van der Waals surface area contributed by atoms with Gasteiger partial charge in [0.2, 0.25) is 0 Å². The van der Waals surface area contributed by atoms with Crippen molar-refractivity contribution in [2.45, 2.75) is 13.3 Å². The van der Waals surface area contributed by atoms with Gasteiger partial charge in [-0.05, 0) is 19.1 Å². The molecule has 3 nitrogen and oxygen atoms in total. The van der Waals surface area contributed by atoms with Gasteiger partial charge in [-0.2, -0.15) is 0 Å². The van der Waals surface area contributed by atoms with Gasteiger partial charge >= 0.3 is 0 Å². The standard InChI is InChI=1S/C13H20N2OS/c1-2-16-11-10-15(9-8-13(14)17)12-6-4-3-5-7-12/h3-7H,2,8-11H2,1H3,(H2,14,17). The monoisotopic (exact) mass is 252 g/mol. The van der Waals surface area contributed by atoms with Crippen molar-refractivity contribution < 1.29 is 4.74 Å². The highest BCUT2D eigenvalue weighted by Gasteiger charge is 2.06. The number of nitrogens with zero attached hydrogens (tertiary/aromatic N) is 1. The minimum absolute atomic E-state index is 0.558. The van der Waals surface area contributed by atoms with Gasteiger partial charge in [0.1, 0.15) is 0 Å². The first-order valence-corrected chi connectivity index (χ1v) is 6.31. The summed E-state index contributed by atoms with van der Waals surface area (Å²) in [6, 6.07) is 10.3. The zero-order valence-electron chi connectivity index (χ0n) is 10.3. The van der Waals surface area contributed by atoms with E-state index in [0.717, 1.165) is 32.7 Å². The second kappa shape index (κ2) is 8.03. The Hall–Kier alpha value is -1.13. The molecule has 1 aromatic rings. The van der Waals surface area contributed by atoms with E-state index in [2.05, 4.69) is 17.0 Å². The van der Waals surface area contributed by atoms with Crippen LogP contribution in [0.25, 0.3) is 0 Å². The summed E-state index contributed by atoms with van der Waals surface area (Å²) < 4.78 is 5.39. The van der Waals surface area contributed by atoms with E-state index in [4.69, 9.17) is 22.7 Å². The van der Waals surface area contributed by atoms with Crippen LogP contribution in [0.15, 0.2) is 30.3 Å². The molecule has 0 heterocycles. The van der Waals surface area contributed by atoms with Crippen molar-refractivity contribution in [1.29, 1.82) is 0 Å². The quantitative estimate of drug-likeness (QED) is 0.568. The Balaban J connectivity index is 2.55. The number of ether oxygens (including phenoxy) is 1. The number of hydrogen-bond donors (Lipinski definition) is 1. The van der Waals surface area contributed by atoms with Crippen LogP contribution < -0.4 is 10.6 Å². The number of rotatable bonds is 8. The van der Waals surface area contributed by atoms with E-state index in [0.29, 0.717) is 4.99 Å². The first kappa shape index (κ1) is 13.9. The fourth-order valence-corrected chi connectivity index (χ4v) is 1.66. The maximum absolute atomic E-state index is 5.55. The molecule has 0 radical (unpaired) electrons. The highest BCUT2D eigenvalue weighted by atomic mass is 32.1.